The summed E-state index contributed by atoms with van der Waals surface area (Å²) in [5.41, 5.74) is 0.846. The first-order valence-electron chi connectivity index (χ1n) is 8.07. The number of amides is 4. The average Bonchev–Trinajstić information content (AvgIpc) is 2.82. The number of rotatable bonds is 4. The van der Waals surface area contributed by atoms with Gasteiger partial charge in [-0.3, -0.25) is 14.5 Å². The maximum Gasteiger partial charge on any atom is 0.325 e. The molecule has 7 heteroatoms. The van der Waals surface area contributed by atoms with E-state index in [4.69, 9.17) is 11.6 Å². The van der Waals surface area contributed by atoms with E-state index in [-0.39, 0.29) is 6.54 Å². The Kier molecular flexibility index (Phi) is 4.70. The molecule has 134 valence electrons. The highest BCUT2D eigenvalue weighted by atomic mass is 35.5. The Bertz CT molecular complexity index is 885. The number of aryl methyl sites for hydroxylation is 1. The minimum absolute atomic E-state index is 0.366. The van der Waals surface area contributed by atoms with Crippen molar-refractivity contribution >= 4 is 35.1 Å². The molecule has 0 bridgehead atoms. The number of urea groups is 1. The van der Waals surface area contributed by atoms with Crippen molar-refractivity contribution in [3.63, 3.8) is 0 Å². The van der Waals surface area contributed by atoms with Gasteiger partial charge < -0.3 is 10.6 Å². The standard InChI is InChI=1S/C19H18ClN3O3/c1-12-10-14(20)8-9-15(12)21-16(24)11-23-17(25)19(2,22-18(23)26)13-6-4-3-5-7-13/h3-10H,11H2,1-2H3,(H,21,24)(H,22,26)/t19-/m1/s1. The number of carbonyl (C=O) groups excluding carboxylic acids is 3. The molecule has 4 amide bonds. The minimum Gasteiger partial charge on any atom is -0.324 e. The largest absolute Gasteiger partial charge is 0.325 e. The van der Waals surface area contributed by atoms with Crippen molar-refractivity contribution in [1.29, 1.82) is 0 Å². The lowest BCUT2D eigenvalue weighted by atomic mass is 9.92. The van der Waals surface area contributed by atoms with E-state index in [0.717, 1.165) is 10.5 Å². The van der Waals surface area contributed by atoms with Gasteiger partial charge in [-0.1, -0.05) is 41.9 Å². The zero-order valence-electron chi connectivity index (χ0n) is 14.4. The van der Waals surface area contributed by atoms with Crippen molar-refractivity contribution in [3.8, 4) is 0 Å². The number of benzene rings is 2. The Morgan fingerprint density at radius 3 is 2.54 bits per heavy atom. The molecule has 1 fully saturated rings. The van der Waals surface area contributed by atoms with E-state index in [1.165, 1.54) is 0 Å². The van der Waals surface area contributed by atoms with Crippen molar-refractivity contribution in [2.24, 2.45) is 0 Å². The van der Waals surface area contributed by atoms with Crippen LogP contribution in [0.3, 0.4) is 0 Å². The molecule has 3 rings (SSSR count). The fourth-order valence-corrected chi connectivity index (χ4v) is 3.14. The highest BCUT2D eigenvalue weighted by Crippen LogP contribution is 2.28. The van der Waals surface area contributed by atoms with Gasteiger partial charge in [-0.15, -0.1) is 0 Å². The molecule has 2 N–H and O–H groups in total. The molecule has 0 spiro atoms. The number of hydrogen-bond acceptors (Lipinski definition) is 3. The summed E-state index contributed by atoms with van der Waals surface area (Å²) in [4.78, 5) is 38.3. The summed E-state index contributed by atoms with van der Waals surface area (Å²) in [6.07, 6.45) is 0. The SMILES string of the molecule is Cc1cc(Cl)ccc1NC(=O)CN1C(=O)N[C@](C)(c2ccccc2)C1=O. The summed E-state index contributed by atoms with van der Waals surface area (Å²) >= 11 is 5.90. The van der Waals surface area contributed by atoms with Crippen molar-refractivity contribution < 1.29 is 14.4 Å². The maximum atomic E-state index is 12.8. The summed E-state index contributed by atoms with van der Waals surface area (Å²) in [5.74, 6) is -0.923. The Morgan fingerprint density at radius 2 is 1.88 bits per heavy atom. The van der Waals surface area contributed by atoms with Gasteiger partial charge in [-0.2, -0.15) is 0 Å². The highest BCUT2D eigenvalue weighted by Gasteiger charge is 2.49. The fraction of sp³-hybridized carbons (Fsp3) is 0.211. The van der Waals surface area contributed by atoms with Crippen LogP contribution in [0.5, 0.6) is 0 Å². The minimum atomic E-state index is -1.19. The van der Waals surface area contributed by atoms with Crippen molar-refractivity contribution in [1.82, 2.24) is 10.2 Å². The fourth-order valence-electron chi connectivity index (χ4n) is 2.91. The van der Waals surface area contributed by atoms with Crippen molar-refractivity contribution in [2.45, 2.75) is 19.4 Å². The monoisotopic (exact) mass is 371 g/mol. The van der Waals surface area contributed by atoms with E-state index in [0.29, 0.717) is 16.3 Å². The van der Waals surface area contributed by atoms with Crippen LogP contribution in [0.1, 0.15) is 18.1 Å². The average molecular weight is 372 g/mol. The van der Waals surface area contributed by atoms with Crippen LogP contribution in [0.2, 0.25) is 5.02 Å². The van der Waals surface area contributed by atoms with Crippen molar-refractivity contribution in [3.05, 3.63) is 64.7 Å². The van der Waals surface area contributed by atoms with Crippen LogP contribution < -0.4 is 10.6 Å². The van der Waals surface area contributed by atoms with Gasteiger partial charge in [0.05, 0.1) is 0 Å². The van der Waals surface area contributed by atoms with Crippen LogP contribution in [0.25, 0.3) is 0 Å². The second kappa shape index (κ2) is 6.80. The molecule has 2 aromatic rings. The smallest absolute Gasteiger partial charge is 0.324 e. The molecule has 6 nitrogen and oxygen atoms in total. The third-order valence-electron chi connectivity index (χ3n) is 4.39. The molecule has 0 radical (unpaired) electrons. The molecule has 0 unspecified atom stereocenters. The molecule has 1 aliphatic heterocycles. The second-order valence-electron chi connectivity index (χ2n) is 6.32. The molecule has 0 aliphatic carbocycles. The van der Waals surface area contributed by atoms with Crippen LogP contribution in [0.4, 0.5) is 10.5 Å². The van der Waals surface area contributed by atoms with E-state index in [9.17, 15) is 14.4 Å². The van der Waals surface area contributed by atoms with E-state index in [2.05, 4.69) is 10.6 Å². The van der Waals surface area contributed by atoms with Crippen LogP contribution in [0.15, 0.2) is 48.5 Å². The zero-order valence-corrected chi connectivity index (χ0v) is 15.1. The van der Waals surface area contributed by atoms with Gasteiger partial charge in [0.15, 0.2) is 0 Å². The molecule has 2 aromatic carbocycles. The predicted molar refractivity (Wildman–Crippen MR) is 98.9 cm³/mol. The van der Waals surface area contributed by atoms with Crippen LogP contribution >= 0.6 is 11.6 Å². The number of hydrogen-bond donors (Lipinski definition) is 2. The summed E-state index contributed by atoms with van der Waals surface area (Å²) in [7, 11) is 0. The van der Waals surface area contributed by atoms with Gasteiger partial charge in [0, 0.05) is 10.7 Å². The topological polar surface area (TPSA) is 78.5 Å². The van der Waals surface area contributed by atoms with Gasteiger partial charge in [0.1, 0.15) is 12.1 Å². The maximum absolute atomic E-state index is 12.8. The Hall–Kier alpha value is -2.86. The summed E-state index contributed by atoms with van der Waals surface area (Å²) in [5, 5.41) is 5.94. The Labute approximate surface area is 156 Å². The van der Waals surface area contributed by atoms with E-state index in [1.54, 1.807) is 49.4 Å². The first-order chi connectivity index (χ1) is 12.3. The lowest BCUT2D eigenvalue weighted by molar-refractivity contribution is -0.133. The summed E-state index contributed by atoms with van der Waals surface area (Å²) in [6, 6.07) is 13.4. The number of halogens is 1. The predicted octanol–water partition coefficient (Wildman–Crippen LogP) is 3.05. The quantitative estimate of drug-likeness (QED) is 0.811. The van der Waals surface area contributed by atoms with Gasteiger partial charge >= 0.3 is 6.03 Å². The van der Waals surface area contributed by atoms with E-state index in [1.807, 2.05) is 13.0 Å². The van der Waals surface area contributed by atoms with Gasteiger partial charge in [0.2, 0.25) is 5.91 Å². The Balaban J connectivity index is 1.74. The lowest BCUT2D eigenvalue weighted by Gasteiger charge is -2.22. The summed E-state index contributed by atoms with van der Waals surface area (Å²) < 4.78 is 0. The third kappa shape index (κ3) is 3.28. The molecular weight excluding hydrogens is 354 g/mol. The first kappa shape index (κ1) is 17.9. The van der Waals surface area contributed by atoms with E-state index >= 15 is 0 Å². The molecule has 0 aromatic heterocycles. The van der Waals surface area contributed by atoms with Gasteiger partial charge in [-0.25, -0.2) is 4.79 Å². The number of nitrogens with one attached hydrogen (secondary N) is 2. The van der Waals surface area contributed by atoms with Crippen LogP contribution in [0, 0.1) is 6.92 Å². The highest BCUT2D eigenvalue weighted by molar-refractivity contribution is 6.30. The van der Waals surface area contributed by atoms with Gasteiger partial charge in [0.25, 0.3) is 5.91 Å². The molecule has 26 heavy (non-hydrogen) atoms. The number of imide groups is 1. The third-order valence-corrected chi connectivity index (χ3v) is 4.63. The number of nitrogens with zero attached hydrogens (tertiary/aromatic N) is 1. The van der Waals surface area contributed by atoms with E-state index < -0.39 is 23.4 Å². The molecule has 1 aliphatic rings. The zero-order chi connectivity index (χ0) is 18.9. The molecule has 1 saturated heterocycles. The summed E-state index contributed by atoms with van der Waals surface area (Å²) in [6.45, 7) is 3.07. The molecule has 0 saturated carbocycles. The van der Waals surface area contributed by atoms with Gasteiger partial charge in [-0.05, 0) is 43.2 Å². The van der Waals surface area contributed by atoms with Crippen molar-refractivity contribution in [2.75, 3.05) is 11.9 Å². The normalized spacial score (nSPS) is 19.4. The second-order valence-corrected chi connectivity index (χ2v) is 6.76. The van der Waals surface area contributed by atoms with Crippen LogP contribution in [-0.2, 0) is 15.1 Å². The molecule has 1 heterocycles. The molecule has 1 atom stereocenters. The molecular formula is C19H18ClN3O3. The number of anilines is 1. The first-order valence-corrected chi connectivity index (χ1v) is 8.45. The number of carbonyl (C=O) groups is 3. The van der Waals surface area contributed by atoms with Crippen LogP contribution in [-0.4, -0.2) is 29.3 Å². The lowest BCUT2D eigenvalue weighted by Crippen LogP contribution is -2.42. The Morgan fingerprint density at radius 1 is 1.19 bits per heavy atom.